The number of hydrogen-bond donors (Lipinski definition) is 1. The fraction of sp³-hybridized carbons (Fsp3) is 0.529. The van der Waals surface area contributed by atoms with Crippen molar-refractivity contribution in [1.82, 2.24) is 5.32 Å². The molecule has 0 saturated heterocycles. The second kappa shape index (κ2) is 5.28. The van der Waals surface area contributed by atoms with Crippen molar-refractivity contribution in [3.8, 4) is 0 Å². The van der Waals surface area contributed by atoms with Crippen molar-refractivity contribution in [1.29, 1.82) is 0 Å². The molecule has 1 aromatic rings. The number of rotatable bonds is 4. The van der Waals surface area contributed by atoms with Crippen LogP contribution >= 0.6 is 0 Å². The zero-order valence-electron chi connectivity index (χ0n) is 11.9. The van der Waals surface area contributed by atoms with Gasteiger partial charge in [-0.05, 0) is 62.6 Å². The van der Waals surface area contributed by atoms with Gasteiger partial charge in [-0.2, -0.15) is 0 Å². The third-order valence-electron chi connectivity index (χ3n) is 4.91. The Morgan fingerprint density at radius 3 is 2.60 bits per heavy atom. The van der Waals surface area contributed by atoms with Crippen LogP contribution in [0.5, 0.6) is 0 Å². The molecule has 2 aliphatic carbocycles. The number of allylic oxidation sites excluding steroid dienone is 2. The summed E-state index contributed by atoms with van der Waals surface area (Å²) in [5.41, 5.74) is 0.413. The molecular weight excluding hydrogens is 256 g/mol. The van der Waals surface area contributed by atoms with Gasteiger partial charge in [-0.3, -0.25) is 0 Å². The topological polar surface area (TPSA) is 12.0 Å². The van der Waals surface area contributed by atoms with Crippen molar-refractivity contribution < 1.29 is 8.78 Å². The molecule has 1 fully saturated rings. The molecule has 108 valence electrons. The Labute approximate surface area is 119 Å². The maximum absolute atomic E-state index is 13.8. The molecule has 1 aromatic carbocycles. The summed E-state index contributed by atoms with van der Waals surface area (Å²) in [6.45, 7) is 4.06. The van der Waals surface area contributed by atoms with Gasteiger partial charge in [-0.1, -0.05) is 12.2 Å². The predicted octanol–water partition coefficient (Wildman–Crippen LogP) is 4.22. The van der Waals surface area contributed by atoms with E-state index in [1.165, 1.54) is 25.0 Å². The summed E-state index contributed by atoms with van der Waals surface area (Å²) < 4.78 is 27.0. The van der Waals surface area contributed by atoms with E-state index in [4.69, 9.17) is 0 Å². The number of nitrogens with one attached hydrogen (secondary N) is 1. The molecule has 1 saturated carbocycles. The van der Waals surface area contributed by atoms with Crippen molar-refractivity contribution in [2.75, 3.05) is 0 Å². The van der Waals surface area contributed by atoms with E-state index >= 15 is 0 Å². The van der Waals surface area contributed by atoms with E-state index in [1.54, 1.807) is 0 Å². The van der Waals surface area contributed by atoms with E-state index in [0.29, 0.717) is 23.4 Å². The second-order valence-electron chi connectivity index (χ2n) is 6.29. The Bertz CT molecular complexity index is 526. The van der Waals surface area contributed by atoms with Crippen molar-refractivity contribution in [3.63, 3.8) is 0 Å². The fourth-order valence-corrected chi connectivity index (χ4v) is 3.85. The molecule has 2 bridgehead atoms. The number of hydrogen-bond acceptors (Lipinski definition) is 1. The van der Waals surface area contributed by atoms with Crippen molar-refractivity contribution in [2.24, 2.45) is 17.8 Å². The van der Waals surface area contributed by atoms with Gasteiger partial charge < -0.3 is 5.32 Å². The van der Waals surface area contributed by atoms with Crippen molar-refractivity contribution in [3.05, 3.63) is 47.5 Å². The standard InChI is InChI=1S/C17H21F2N/c1-10(15-8-12-3-4-13(15)7-12)20-11(2)16-9-14(18)5-6-17(16)19/h3-6,9-13,15,20H,7-8H2,1-2H3. The summed E-state index contributed by atoms with van der Waals surface area (Å²) in [6.07, 6.45) is 7.13. The summed E-state index contributed by atoms with van der Waals surface area (Å²) in [7, 11) is 0. The van der Waals surface area contributed by atoms with Crippen molar-refractivity contribution in [2.45, 2.75) is 38.8 Å². The first kappa shape index (κ1) is 13.7. The Kier molecular flexibility index (Phi) is 3.63. The summed E-state index contributed by atoms with van der Waals surface area (Å²) >= 11 is 0. The molecule has 0 radical (unpaired) electrons. The summed E-state index contributed by atoms with van der Waals surface area (Å²) in [5.74, 6) is 1.28. The first-order chi connectivity index (χ1) is 9.54. The minimum absolute atomic E-state index is 0.177. The zero-order valence-corrected chi connectivity index (χ0v) is 11.9. The average Bonchev–Trinajstić information content (AvgIpc) is 3.03. The number of benzene rings is 1. The largest absolute Gasteiger partial charge is 0.307 e. The summed E-state index contributed by atoms with van der Waals surface area (Å²) in [4.78, 5) is 0. The van der Waals surface area contributed by atoms with Gasteiger partial charge in [0.2, 0.25) is 0 Å². The second-order valence-corrected chi connectivity index (χ2v) is 6.29. The molecule has 0 aromatic heterocycles. The van der Waals surface area contributed by atoms with E-state index in [1.807, 2.05) is 6.92 Å². The van der Waals surface area contributed by atoms with Crippen LogP contribution in [0.25, 0.3) is 0 Å². The zero-order chi connectivity index (χ0) is 14.3. The van der Waals surface area contributed by atoms with Gasteiger partial charge in [0.05, 0.1) is 0 Å². The van der Waals surface area contributed by atoms with E-state index in [9.17, 15) is 8.78 Å². The summed E-state index contributed by atoms with van der Waals surface area (Å²) in [6, 6.07) is 3.79. The highest BCUT2D eigenvalue weighted by Crippen LogP contribution is 2.45. The normalized spacial score (nSPS) is 30.7. The molecule has 5 unspecified atom stereocenters. The molecule has 0 spiro atoms. The molecular formula is C17H21F2N. The molecule has 3 rings (SSSR count). The molecule has 0 amide bonds. The lowest BCUT2D eigenvalue weighted by molar-refractivity contribution is 0.304. The van der Waals surface area contributed by atoms with Gasteiger partial charge in [0.15, 0.2) is 0 Å². The third-order valence-corrected chi connectivity index (χ3v) is 4.91. The van der Waals surface area contributed by atoms with Crippen LogP contribution in [0.3, 0.4) is 0 Å². The van der Waals surface area contributed by atoms with E-state index in [0.717, 1.165) is 12.0 Å². The lowest BCUT2D eigenvalue weighted by Crippen LogP contribution is -2.37. The molecule has 2 aliphatic rings. The monoisotopic (exact) mass is 277 g/mol. The first-order valence-electron chi connectivity index (χ1n) is 7.44. The van der Waals surface area contributed by atoms with Crippen LogP contribution in [-0.4, -0.2) is 6.04 Å². The average molecular weight is 277 g/mol. The highest BCUT2D eigenvalue weighted by atomic mass is 19.1. The van der Waals surface area contributed by atoms with Gasteiger partial charge in [0, 0.05) is 17.6 Å². The van der Waals surface area contributed by atoms with Crippen LogP contribution in [0.4, 0.5) is 8.78 Å². The smallest absolute Gasteiger partial charge is 0.128 e. The van der Waals surface area contributed by atoms with E-state index in [-0.39, 0.29) is 17.7 Å². The van der Waals surface area contributed by atoms with Crippen LogP contribution in [0, 0.1) is 29.4 Å². The molecule has 1 N–H and O–H groups in total. The number of fused-ring (bicyclic) bond motifs is 2. The van der Waals surface area contributed by atoms with Crippen LogP contribution in [0.1, 0.15) is 38.3 Å². The Hall–Kier alpha value is -1.22. The van der Waals surface area contributed by atoms with Crippen LogP contribution in [0.15, 0.2) is 30.4 Å². The molecule has 20 heavy (non-hydrogen) atoms. The maximum atomic E-state index is 13.8. The molecule has 5 atom stereocenters. The third kappa shape index (κ3) is 2.51. The molecule has 0 heterocycles. The van der Waals surface area contributed by atoms with Gasteiger partial charge in [-0.15, -0.1) is 0 Å². The Morgan fingerprint density at radius 2 is 1.95 bits per heavy atom. The molecule has 1 nitrogen and oxygen atoms in total. The summed E-state index contributed by atoms with van der Waals surface area (Å²) in [5, 5.41) is 3.45. The van der Waals surface area contributed by atoms with Crippen molar-refractivity contribution >= 4 is 0 Å². The quantitative estimate of drug-likeness (QED) is 0.813. The van der Waals surface area contributed by atoms with E-state index in [2.05, 4.69) is 24.4 Å². The van der Waals surface area contributed by atoms with Gasteiger partial charge in [0.25, 0.3) is 0 Å². The van der Waals surface area contributed by atoms with Crippen LogP contribution in [-0.2, 0) is 0 Å². The Balaban J connectivity index is 1.68. The van der Waals surface area contributed by atoms with Crippen LogP contribution in [0.2, 0.25) is 0 Å². The highest BCUT2D eigenvalue weighted by molar-refractivity contribution is 5.22. The van der Waals surface area contributed by atoms with Gasteiger partial charge in [-0.25, -0.2) is 8.78 Å². The SMILES string of the molecule is CC(NC(C)C1CC2C=CC1C2)c1cc(F)ccc1F. The van der Waals surface area contributed by atoms with Gasteiger partial charge in [0.1, 0.15) is 11.6 Å². The lowest BCUT2D eigenvalue weighted by atomic mass is 9.87. The van der Waals surface area contributed by atoms with Gasteiger partial charge >= 0.3 is 0 Å². The lowest BCUT2D eigenvalue weighted by Gasteiger charge is -2.29. The minimum Gasteiger partial charge on any atom is -0.307 e. The fourth-order valence-electron chi connectivity index (χ4n) is 3.85. The molecule has 3 heteroatoms. The predicted molar refractivity (Wildman–Crippen MR) is 76.2 cm³/mol. The maximum Gasteiger partial charge on any atom is 0.128 e. The minimum atomic E-state index is -0.384. The first-order valence-corrected chi connectivity index (χ1v) is 7.44. The number of halogens is 2. The van der Waals surface area contributed by atoms with E-state index < -0.39 is 0 Å². The van der Waals surface area contributed by atoms with Crippen LogP contribution < -0.4 is 5.32 Å². The highest BCUT2D eigenvalue weighted by Gasteiger charge is 2.38. The Morgan fingerprint density at radius 1 is 1.15 bits per heavy atom. The molecule has 0 aliphatic heterocycles.